The van der Waals surface area contributed by atoms with Gasteiger partial charge in [0.05, 0.1) is 0 Å². The summed E-state index contributed by atoms with van der Waals surface area (Å²) in [7, 11) is 2.21. The summed E-state index contributed by atoms with van der Waals surface area (Å²) < 4.78 is 0. The van der Waals surface area contributed by atoms with E-state index in [4.69, 9.17) is 5.73 Å². The molecule has 1 heterocycles. The molecule has 1 rings (SSSR count). The fraction of sp³-hybridized carbons (Fsp3) is 0.818. The maximum absolute atomic E-state index is 5.49. The highest BCUT2D eigenvalue weighted by atomic mass is 15.1. The van der Waals surface area contributed by atoms with Crippen LogP contribution in [0.4, 0.5) is 0 Å². The summed E-state index contributed by atoms with van der Waals surface area (Å²) in [5.74, 6) is 0.831. The number of piperidine rings is 1. The lowest BCUT2D eigenvalue weighted by molar-refractivity contribution is 0.208. The molecule has 2 N–H and O–H groups in total. The first-order valence-corrected chi connectivity index (χ1v) is 5.27. The molecule has 1 atom stereocenters. The van der Waals surface area contributed by atoms with Crippen molar-refractivity contribution in [3.8, 4) is 0 Å². The third kappa shape index (κ3) is 3.92. The van der Waals surface area contributed by atoms with Crippen molar-refractivity contribution in [1.82, 2.24) is 4.90 Å². The zero-order valence-electron chi connectivity index (χ0n) is 8.76. The number of rotatable bonds is 4. The number of hydrogen-bond acceptors (Lipinski definition) is 2. The zero-order chi connectivity index (χ0) is 9.68. The molecule has 0 amide bonds. The molecular weight excluding hydrogens is 160 g/mol. The Hall–Kier alpha value is -0.340. The normalized spacial score (nSPS) is 24.6. The SMILES string of the molecule is C=C(CCN)CC1CCCN(C)C1. The summed E-state index contributed by atoms with van der Waals surface area (Å²) in [6.07, 6.45) is 4.90. The lowest BCUT2D eigenvalue weighted by Crippen LogP contribution is -2.32. The highest BCUT2D eigenvalue weighted by Crippen LogP contribution is 2.22. The van der Waals surface area contributed by atoms with Gasteiger partial charge in [0.15, 0.2) is 0 Å². The highest BCUT2D eigenvalue weighted by Gasteiger charge is 2.17. The van der Waals surface area contributed by atoms with Gasteiger partial charge >= 0.3 is 0 Å². The Kier molecular flexibility index (Phi) is 4.46. The van der Waals surface area contributed by atoms with Crippen LogP contribution in [0.25, 0.3) is 0 Å². The standard InChI is InChI=1S/C11H22N2/c1-10(5-6-12)8-11-4-3-7-13(2)9-11/h11H,1,3-9,12H2,2H3. The van der Waals surface area contributed by atoms with E-state index >= 15 is 0 Å². The third-order valence-corrected chi connectivity index (χ3v) is 2.80. The summed E-state index contributed by atoms with van der Waals surface area (Å²) in [5.41, 5.74) is 6.83. The molecule has 2 nitrogen and oxygen atoms in total. The Labute approximate surface area is 81.8 Å². The molecule has 76 valence electrons. The average Bonchev–Trinajstić information content (AvgIpc) is 2.04. The molecule has 0 aromatic carbocycles. The van der Waals surface area contributed by atoms with Gasteiger partial charge in [-0.2, -0.15) is 0 Å². The topological polar surface area (TPSA) is 29.3 Å². The molecule has 13 heavy (non-hydrogen) atoms. The van der Waals surface area contributed by atoms with Crippen molar-refractivity contribution in [3.05, 3.63) is 12.2 Å². The van der Waals surface area contributed by atoms with E-state index < -0.39 is 0 Å². The second kappa shape index (κ2) is 5.40. The molecule has 0 saturated carbocycles. The van der Waals surface area contributed by atoms with Gasteiger partial charge in [-0.15, -0.1) is 0 Å². The van der Waals surface area contributed by atoms with E-state index in [2.05, 4.69) is 18.5 Å². The maximum Gasteiger partial charge on any atom is 0.000967 e. The van der Waals surface area contributed by atoms with Crippen molar-refractivity contribution in [2.45, 2.75) is 25.7 Å². The van der Waals surface area contributed by atoms with E-state index in [0.29, 0.717) is 0 Å². The van der Waals surface area contributed by atoms with Gasteiger partial charge < -0.3 is 10.6 Å². The Bertz CT molecular complexity index is 165. The molecule has 0 aromatic heterocycles. The van der Waals surface area contributed by atoms with Crippen LogP contribution in [0.2, 0.25) is 0 Å². The Balaban J connectivity index is 2.23. The summed E-state index contributed by atoms with van der Waals surface area (Å²) >= 11 is 0. The van der Waals surface area contributed by atoms with Crippen molar-refractivity contribution < 1.29 is 0 Å². The minimum atomic E-state index is 0.751. The first-order chi connectivity index (χ1) is 6.22. The average molecular weight is 182 g/mol. The van der Waals surface area contributed by atoms with E-state index in [0.717, 1.165) is 18.9 Å². The van der Waals surface area contributed by atoms with Crippen molar-refractivity contribution in [1.29, 1.82) is 0 Å². The number of hydrogen-bond donors (Lipinski definition) is 1. The molecular formula is C11H22N2. The smallest absolute Gasteiger partial charge is 0.000967 e. The molecule has 1 aliphatic heterocycles. The maximum atomic E-state index is 5.49. The van der Waals surface area contributed by atoms with Crippen LogP contribution in [-0.2, 0) is 0 Å². The number of nitrogens with two attached hydrogens (primary N) is 1. The predicted molar refractivity (Wildman–Crippen MR) is 57.6 cm³/mol. The van der Waals surface area contributed by atoms with Gasteiger partial charge in [-0.3, -0.25) is 0 Å². The van der Waals surface area contributed by atoms with Crippen LogP contribution >= 0.6 is 0 Å². The Morgan fingerprint density at radius 2 is 2.38 bits per heavy atom. The second-order valence-electron chi connectivity index (χ2n) is 4.26. The molecule has 1 aliphatic rings. The molecule has 0 spiro atoms. The van der Waals surface area contributed by atoms with Gasteiger partial charge in [-0.05, 0) is 51.7 Å². The highest BCUT2D eigenvalue weighted by molar-refractivity contribution is 4.97. The molecule has 2 heteroatoms. The number of nitrogens with zero attached hydrogens (tertiary/aromatic N) is 1. The van der Waals surface area contributed by atoms with Gasteiger partial charge in [0, 0.05) is 6.54 Å². The Morgan fingerprint density at radius 1 is 1.62 bits per heavy atom. The lowest BCUT2D eigenvalue weighted by atomic mass is 9.91. The predicted octanol–water partition coefficient (Wildman–Crippen LogP) is 1.62. The van der Waals surface area contributed by atoms with Gasteiger partial charge in [0.2, 0.25) is 0 Å². The van der Waals surface area contributed by atoms with Gasteiger partial charge in [0.25, 0.3) is 0 Å². The van der Waals surface area contributed by atoms with Crippen LogP contribution in [0.1, 0.15) is 25.7 Å². The van der Waals surface area contributed by atoms with Gasteiger partial charge in [-0.1, -0.05) is 12.2 Å². The lowest BCUT2D eigenvalue weighted by Gasteiger charge is -2.30. The van der Waals surface area contributed by atoms with Crippen molar-refractivity contribution in [2.24, 2.45) is 11.7 Å². The van der Waals surface area contributed by atoms with E-state index in [1.165, 1.54) is 37.9 Å². The van der Waals surface area contributed by atoms with Crippen LogP contribution in [-0.4, -0.2) is 31.6 Å². The summed E-state index contributed by atoms with van der Waals surface area (Å²) in [6, 6.07) is 0. The zero-order valence-corrected chi connectivity index (χ0v) is 8.76. The molecule has 0 bridgehead atoms. The van der Waals surface area contributed by atoms with Crippen LogP contribution in [0.3, 0.4) is 0 Å². The fourth-order valence-electron chi connectivity index (χ4n) is 2.15. The second-order valence-corrected chi connectivity index (χ2v) is 4.26. The van der Waals surface area contributed by atoms with Crippen LogP contribution < -0.4 is 5.73 Å². The van der Waals surface area contributed by atoms with E-state index in [1.807, 2.05) is 0 Å². The van der Waals surface area contributed by atoms with Gasteiger partial charge in [0.1, 0.15) is 0 Å². The van der Waals surface area contributed by atoms with Gasteiger partial charge in [-0.25, -0.2) is 0 Å². The molecule has 1 saturated heterocycles. The van der Waals surface area contributed by atoms with E-state index in [1.54, 1.807) is 0 Å². The minimum absolute atomic E-state index is 0.751. The van der Waals surface area contributed by atoms with E-state index in [9.17, 15) is 0 Å². The van der Waals surface area contributed by atoms with Crippen LogP contribution in [0, 0.1) is 5.92 Å². The largest absolute Gasteiger partial charge is 0.330 e. The fourth-order valence-corrected chi connectivity index (χ4v) is 2.15. The molecule has 1 unspecified atom stereocenters. The Morgan fingerprint density at radius 3 is 3.00 bits per heavy atom. The quantitative estimate of drug-likeness (QED) is 0.669. The molecule has 0 aliphatic carbocycles. The molecule has 0 aromatic rings. The first-order valence-electron chi connectivity index (χ1n) is 5.27. The monoisotopic (exact) mass is 182 g/mol. The third-order valence-electron chi connectivity index (χ3n) is 2.80. The van der Waals surface area contributed by atoms with Crippen LogP contribution in [0.5, 0.6) is 0 Å². The summed E-state index contributed by atoms with van der Waals surface area (Å²) in [5, 5.41) is 0. The number of likely N-dealkylation sites (tertiary alicyclic amines) is 1. The first kappa shape index (κ1) is 10.7. The van der Waals surface area contributed by atoms with Crippen LogP contribution in [0.15, 0.2) is 12.2 Å². The van der Waals surface area contributed by atoms with Crippen molar-refractivity contribution >= 4 is 0 Å². The molecule has 0 radical (unpaired) electrons. The summed E-state index contributed by atoms with van der Waals surface area (Å²) in [6.45, 7) is 7.32. The van der Waals surface area contributed by atoms with Crippen molar-refractivity contribution in [2.75, 3.05) is 26.7 Å². The van der Waals surface area contributed by atoms with E-state index in [-0.39, 0.29) is 0 Å². The minimum Gasteiger partial charge on any atom is -0.330 e. The van der Waals surface area contributed by atoms with Crippen molar-refractivity contribution in [3.63, 3.8) is 0 Å². The molecule has 1 fully saturated rings. The summed E-state index contributed by atoms with van der Waals surface area (Å²) in [4.78, 5) is 2.42.